The van der Waals surface area contributed by atoms with Crippen LogP contribution in [0.1, 0.15) is 23.1 Å². The van der Waals surface area contributed by atoms with Gasteiger partial charge >= 0.3 is 0 Å². The molecule has 9 nitrogen and oxygen atoms in total. The Labute approximate surface area is 178 Å². The van der Waals surface area contributed by atoms with Crippen molar-refractivity contribution in [3.8, 4) is 23.0 Å². The first-order chi connectivity index (χ1) is 15.0. The van der Waals surface area contributed by atoms with Gasteiger partial charge in [0.2, 0.25) is 6.29 Å². The van der Waals surface area contributed by atoms with Crippen molar-refractivity contribution in [2.24, 2.45) is 0 Å². The Morgan fingerprint density at radius 1 is 0.935 bits per heavy atom. The monoisotopic (exact) mass is 432 g/mol. The molecule has 4 N–H and O–H groups in total. The van der Waals surface area contributed by atoms with Gasteiger partial charge in [0.25, 0.3) is 0 Å². The predicted octanol–water partition coefficient (Wildman–Crippen LogP) is 0.484. The fraction of sp³-hybridized carbons (Fsp3) is 0.455. The minimum atomic E-state index is -1.50. The lowest BCUT2D eigenvalue weighted by Crippen LogP contribution is -2.60. The van der Waals surface area contributed by atoms with Gasteiger partial charge in [-0.3, -0.25) is 0 Å². The first kappa shape index (κ1) is 20.3. The van der Waals surface area contributed by atoms with Crippen molar-refractivity contribution < 1.29 is 44.1 Å². The fourth-order valence-corrected chi connectivity index (χ4v) is 4.32. The molecule has 3 aliphatic rings. The summed E-state index contributed by atoms with van der Waals surface area (Å²) in [6.07, 6.45) is -6.92. The molecule has 0 amide bonds. The molecule has 0 aromatic heterocycles. The quantitative estimate of drug-likeness (QED) is 0.546. The first-order valence-electron chi connectivity index (χ1n) is 10.1. The molecule has 7 atom stereocenters. The van der Waals surface area contributed by atoms with Gasteiger partial charge in [-0.15, -0.1) is 0 Å². The normalized spacial score (nSPS) is 33.4. The van der Waals surface area contributed by atoms with Gasteiger partial charge in [-0.2, -0.15) is 0 Å². The van der Waals surface area contributed by atoms with Crippen LogP contribution in [0.4, 0.5) is 0 Å². The van der Waals surface area contributed by atoms with Gasteiger partial charge in [0.05, 0.1) is 26.2 Å². The summed E-state index contributed by atoms with van der Waals surface area (Å²) < 4.78 is 28.5. The van der Waals surface area contributed by atoms with Crippen molar-refractivity contribution >= 4 is 0 Å². The number of hydrogen-bond acceptors (Lipinski definition) is 9. The third-order valence-electron chi connectivity index (χ3n) is 6.05. The summed E-state index contributed by atoms with van der Waals surface area (Å²) in [5, 5.41) is 39.4. The topological polar surface area (TPSA) is 127 Å². The minimum Gasteiger partial charge on any atom is -0.497 e. The Balaban J connectivity index is 1.36. The predicted molar refractivity (Wildman–Crippen MR) is 105 cm³/mol. The summed E-state index contributed by atoms with van der Waals surface area (Å²) in [5.74, 6) is 2.45. The highest BCUT2D eigenvalue weighted by molar-refractivity contribution is 5.52. The van der Waals surface area contributed by atoms with Crippen LogP contribution < -0.4 is 18.9 Å². The van der Waals surface area contributed by atoms with Crippen LogP contribution in [0.2, 0.25) is 0 Å². The molecule has 0 saturated carbocycles. The average Bonchev–Trinajstić information content (AvgIpc) is 3.17. The van der Waals surface area contributed by atoms with Gasteiger partial charge in [0.15, 0.2) is 0 Å². The highest BCUT2D eigenvalue weighted by Gasteiger charge is 2.45. The molecule has 0 aliphatic carbocycles. The molecule has 0 bridgehead atoms. The van der Waals surface area contributed by atoms with Crippen LogP contribution in [-0.4, -0.2) is 71.5 Å². The summed E-state index contributed by atoms with van der Waals surface area (Å²) in [6.45, 7) is -0.0591. The van der Waals surface area contributed by atoms with Crippen molar-refractivity contribution in [2.75, 3.05) is 20.3 Å². The minimum absolute atomic E-state index is 0.0252. The van der Waals surface area contributed by atoms with E-state index in [1.54, 1.807) is 19.2 Å². The smallest absolute Gasteiger partial charge is 0.229 e. The molecule has 166 valence electrons. The van der Waals surface area contributed by atoms with Gasteiger partial charge in [0.1, 0.15) is 53.5 Å². The first-order valence-corrected chi connectivity index (χ1v) is 10.1. The van der Waals surface area contributed by atoms with E-state index in [1.165, 1.54) is 0 Å². The summed E-state index contributed by atoms with van der Waals surface area (Å²) in [5.41, 5.74) is 1.91. The molecule has 0 radical (unpaired) electrons. The van der Waals surface area contributed by atoms with Gasteiger partial charge in [-0.25, -0.2) is 0 Å². The number of aliphatic hydroxyl groups is 4. The van der Waals surface area contributed by atoms with Crippen molar-refractivity contribution in [2.45, 2.75) is 42.7 Å². The lowest BCUT2D eigenvalue weighted by atomic mass is 9.89. The highest BCUT2D eigenvalue weighted by Crippen LogP contribution is 2.52. The van der Waals surface area contributed by atoms with E-state index >= 15 is 0 Å². The third kappa shape index (κ3) is 3.38. The molecule has 9 heteroatoms. The Bertz CT molecular complexity index is 962. The van der Waals surface area contributed by atoms with E-state index in [9.17, 15) is 20.4 Å². The lowest BCUT2D eigenvalue weighted by molar-refractivity contribution is -0.277. The standard InChI is InChI=1S/C22H24O9/c1-27-10-2-5-13-15(6-10)28-9-14-12-4-3-11(7-16(12)30-21(13)14)29-22-20(26)19(25)18(24)17(8-23)31-22/h2-7,14,17-26H,8-9H2,1H3. The number of ether oxygens (including phenoxy) is 5. The number of rotatable bonds is 4. The largest absolute Gasteiger partial charge is 0.497 e. The van der Waals surface area contributed by atoms with Crippen molar-refractivity contribution in [1.29, 1.82) is 0 Å². The lowest BCUT2D eigenvalue weighted by Gasteiger charge is -2.39. The zero-order valence-electron chi connectivity index (χ0n) is 16.7. The Morgan fingerprint density at radius 2 is 1.68 bits per heavy atom. The summed E-state index contributed by atoms with van der Waals surface area (Å²) in [4.78, 5) is 0. The Kier molecular flexibility index (Phi) is 5.15. The van der Waals surface area contributed by atoms with Gasteiger partial charge in [-0.1, -0.05) is 6.07 Å². The Morgan fingerprint density at radius 3 is 2.45 bits per heavy atom. The second kappa shape index (κ2) is 7.85. The third-order valence-corrected chi connectivity index (χ3v) is 6.05. The molecule has 2 aromatic rings. The van der Waals surface area contributed by atoms with Crippen molar-refractivity contribution in [3.63, 3.8) is 0 Å². The zero-order chi connectivity index (χ0) is 21.7. The molecular formula is C22H24O9. The van der Waals surface area contributed by atoms with Gasteiger partial charge < -0.3 is 44.1 Å². The molecule has 1 saturated heterocycles. The molecule has 1 fully saturated rings. The molecule has 7 unspecified atom stereocenters. The maximum Gasteiger partial charge on any atom is 0.229 e. The number of hydrogen-bond donors (Lipinski definition) is 4. The van der Waals surface area contributed by atoms with Crippen LogP contribution in [0.15, 0.2) is 36.4 Å². The van der Waals surface area contributed by atoms with Crippen molar-refractivity contribution in [1.82, 2.24) is 0 Å². The molecule has 0 spiro atoms. The van der Waals surface area contributed by atoms with Crippen LogP contribution in [0.3, 0.4) is 0 Å². The summed E-state index contributed by atoms with van der Waals surface area (Å²) in [6, 6.07) is 10.9. The van der Waals surface area contributed by atoms with Crippen LogP contribution in [0.5, 0.6) is 23.0 Å². The second-order valence-corrected chi connectivity index (χ2v) is 7.87. The SMILES string of the molecule is COc1ccc2c(c1)OCC1c3ccc(OC4OC(CO)C(O)C(O)C4O)cc3OC21. The van der Waals surface area contributed by atoms with Crippen LogP contribution in [-0.2, 0) is 4.74 Å². The van der Waals surface area contributed by atoms with E-state index in [-0.39, 0.29) is 12.0 Å². The number of aliphatic hydroxyl groups excluding tert-OH is 4. The highest BCUT2D eigenvalue weighted by atomic mass is 16.7. The molecule has 3 aliphatic heterocycles. The number of benzene rings is 2. The number of methoxy groups -OCH3 is 1. The average molecular weight is 432 g/mol. The second-order valence-electron chi connectivity index (χ2n) is 7.87. The van der Waals surface area contributed by atoms with Crippen molar-refractivity contribution in [3.05, 3.63) is 47.5 Å². The van der Waals surface area contributed by atoms with Gasteiger partial charge in [-0.05, 0) is 18.2 Å². The molecule has 31 heavy (non-hydrogen) atoms. The molecular weight excluding hydrogens is 408 g/mol. The summed E-state index contributed by atoms with van der Waals surface area (Å²) in [7, 11) is 1.60. The summed E-state index contributed by atoms with van der Waals surface area (Å²) >= 11 is 0. The van der Waals surface area contributed by atoms with E-state index in [1.807, 2.05) is 24.3 Å². The van der Waals surface area contributed by atoms with Crippen LogP contribution >= 0.6 is 0 Å². The maximum atomic E-state index is 10.2. The van der Waals surface area contributed by atoms with E-state index in [4.69, 9.17) is 23.7 Å². The van der Waals surface area contributed by atoms with Gasteiger partial charge in [0, 0.05) is 23.3 Å². The maximum absolute atomic E-state index is 10.2. The van der Waals surface area contributed by atoms with E-state index < -0.39 is 37.3 Å². The van der Waals surface area contributed by atoms with Crippen LogP contribution in [0.25, 0.3) is 0 Å². The number of fused-ring (bicyclic) bond motifs is 5. The molecule has 2 aromatic carbocycles. The van der Waals surface area contributed by atoms with Crippen LogP contribution in [0, 0.1) is 0 Å². The fourth-order valence-electron chi connectivity index (χ4n) is 4.32. The van der Waals surface area contributed by atoms with E-state index in [0.29, 0.717) is 23.9 Å². The molecule has 3 heterocycles. The Hall–Kier alpha value is -2.56. The molecule has 5 rings (SSSR count). The zero-order valence-corrected chi connectivity index (χ0v) is 16.7. The van der Waals surface area contributed by atoms with E-state index in [0.717, 1.165) is 16.9 Å². The van der Waals surface area contributed by atoms with E-state index in [2.05, 4.69) is 0 Å².